The third kappa shape index (κ3) is 2.81. The third-order valence-electron chi connectivity index (χ3n) is 5.78. The zero-order valence-electron chi connectivity index (χ0n) is 15.8. The van der Waals surface area contributed by atoms with Crippen LogP contribution < -0.4 is 5.32 Å². The van der Waals surface area contributed by atoms with Crippen LogP contribution >= 0.6 is 0 Å². The maximum Gasteiger partial charge on any atom is 0.259 e. The molecule has 1 N–H and O–H groups in total. The van der Waals surface area contributed by atoms with Crippen LogP contribution in [0.1, 0.15) is 83.5 Å². The van der Waals surface area contributed by atoms with E-state index in [4.69, 9.17) is 4.52 Å². The molecule has 3 heterocycles. The topological polar surface area (TPSA) is 85.8 Å². The molecule has 0 unspecified atom stereocenters. The highest BCUT2D eigenvalue weighted by molar-refractivity contribution is 6.06. The van der Waals surface area contributed by atoms with Gasteiger partial charge in [-0.05, 0) is 45.6 Å². The van der Waals surface area contributed by atoms with Crippen LogP contribution in [0.3, 0.4) is 0 Å². The fourth-order valence-electron chi connectivity index (χ4n) is 3.69. The summed E-state index contributed by atoms with van der Waals surface area (Å²) in [6.07, 6.45) is 6.24. The van der Waals surface area contributed by atoms with Gasteiger partial charge in [0.2, 0.25) is 0 Å². The average molecular weight is 365 g/mol. The molecule has 0 saturated heterocycles. The van der Waals surface area contributed by atoms with E-state index in [0.717, 1.165) is 53.7 Å². The van der Waals surface area contributed by atoms with Crippen molar-refractivity contribution in [3.8, 4) is 0 Å². The maximum absolute atomic E-state index is 13.2. The number of aromatic nitrogens is 4. The van der Waals surface area contributed by atoms with E-state index in [2.05, 4.69) is 20.6 Å². The smallest absolute Gasteiger partial charge is 0.259 e. The summed E-state index contributed by atoms with van der Waals surface area (Å²) >= 11 is 0. The number of pyridine rings is 1. The quantitative estimate of drug-likeness (QED) is 0.748. The van der Waals surface area contributed by atoms with Crippen LogP contribution in [0, 0.1) is 6.92 Å². The van der Waals surface area contributed by atoms with Gasteiger partial charge in [0.1, 0.15) is 0 Å². The van der Waals surface area contributed by atoms with Crippen molar-refractivity contribution in [3.63, 3.8) is 0 Å². The number of nitrogens with one attached hydrogen (secondary N) is 1. The predicted octanol–water partition coefficient (Wildman–Crippen LogP) is 3.51. The number of hydrogen-bond acceptors (Lipinski definition) is 5. The van der Waals surface area contributed by atoms with Gasteiger partial charge in [-0.3, -0.25) is 9.48 Å². The van der Waals surface area contributed by atoms with Crippen LogP contribution in [-0.2, 0) is 7.05 Å². The van der Waals surface area contributed by atoms with Crippen molar-refractivity contribution >= 4 is 17.0 Å². The molecule has 3 aromatic heterocycles. The molecule has 2 fully saturated rings. The molecule has 27 heavy (non-hydrogen) atoms. The van der Waals surface area contributed by atoms with Gasteiger partial charge in [0.25, 0.3) is 11.6 Å². The number of fused-ring (bicyclic) bond motifs is 1. The number of carbonyl (C=O) groups is 1. The van der Waals surface area contributed by atoms with E-state index in [0.29, 0.717) is 23.1 Å². The lowest BCUT2D eigenvalue weighted by Crippen LogP contribution is -2.27. The average Bonchev–Trinajstić information content (AvgIpc) is 3.58. The Morgan fingerprint density at radius 2 is 2.04 bits per heavy atom. The number of hydrogen-bond donors (Lipinski definition) is 1. The molecular weight excluding hydrogens is 342 g/mol. The largest absolute Gasteiger partial charge is 0.345 e. The summed E-state index contributed by atoms with van der Waals surface area (Å²) in [7, 11) is 1.90. The minimum atomic E-state index is -0.136. The number of nitrogens with zero attached hydrogens (tertiary/aromatic N) is 4. The van der Waals surface area contributed by atoms with Gasteiger partial charge in [0.05, 0.1) is 28.9 Å². The van der Waals surface area contributed by atoms with Crippen molar-refractivity contribution < 1.29 is 9.32 Å². The first-order chi connectivity index (χ1) is 13.0. The SMILES string of the molecule is Cc1c([C@H](C)NC(=O)c2cc(C3CC3)nc3onc(C4CC4)c23)cnn1C. The molecule has 0 bridgehead atoms. The molecule has 2 aliphatic rings. The van der Waals surface area contributed by atoms with Crippen molar-refractivity contribution in [2.45, 2.75) is 57.4 Å². The molecule has 7 nitrogen and oxygen atoms in total. The summed E-state index contributed by atoms with van der Waals surface area (Å²) in [5.41, 5.74) is 5.03. The zero-order chi connectivity index (χ0) is 18.7. The highest BCUT2D eigenvalue weighted by atomic mass is 16.5. The van der Waals surface area contributed by atoms with E-state index in [1.54, 1.807) is 0 Å². The molecule has 1 amide bonds. The summed E-state index contributed by atoms with van der Waals surface area (Å²) in [6, 6.07) is 1.81. The zero-order valence-corrected chi connectivity index (χ0v) is 15.8. The number of rotatable bonds is 5. The van der Waals surface area contributed by atoms with Crippen LogP contribution in [0.15, 0.2) is 16.8 Å². The number of carbonyl (C=O) groups excluding carboxylic acids is 1. The lowest BCUT2D eigenvalue weighted by molar-refractivity contribution is 0.0941. The Balaban J connectivity index is 1.53. The van der Waals surface area contributed by atoms with Gasteiger partial charge in [0.15, 0.2) is 0 Å². The fourth-order valence-corrected chi connectivity index (χ4v) is 3.69. The first kappa shape index (κ1) is 16.5. The van der Waals surface area contributed by atoms with Crippen molar-refractivity contribution in [1.82, 2.24) is 25.2 Å². The van der Waals surface area contributed by atoms with Crippen molar-refractivity contribution in [1.29, 1.82) is 0 Å². The second-order valence-electron chi connectivity index (χ2n) is 7.90. The Labute approximate surface area is 157 Å². The summed E-state index contributed by atoms with van der Waals surface area (Å²) in [6.45, 7) is 3.99. The number of aryl methyl sites for hydroxylation is 1. The molecule has 2 saturated carbocycles. The molecule has 2 aliphatic carbocycles. The normalized spacial score (nSPS) is 18.0. The van der Waals surface area contributed by atoms with E-state index >= 15 is 0 Å². The van der Waals surface area contributed by atoms with E-state index in [1.165, 1.54) is 0 Å². The fraction of sp³-hybridized carbons (Fsp3) is 0.500. The van der Waals surface area contributed by atoms with Gasteiger partial charge in [0, 0.05) is 35.8 Å². The molecule has 140 valence electrons. The van der Waals surface area contributed by atoms with Gasteiger partial charge in [-0.15, -0.1) is 0 Å². The molecule has 1 atom stereocenters. The summed E-state index contributed by atoms with van der Waals surface area (Å²) < 4.78 is 7.34. The van der Waals surface area contributed by atoms with Gasteiger partial charge in [-0.25, -0.2) is 4.98 Å². The minimum absolute atomic E-state index is 0.106. The molecule has 0 aromatic carbocycles. The summed E-state index contributed by atoms with van der Waals surface area (Å²) in [4.78, 5) is 17.9. The van der Waals surface area contributed by atoms with Crippen molar-refractivity contribution in [2.24, 2.45) is 7.05 Å². The van der Waals surface area contributed by atoms with Gasteiger partial charge in [-0.1, -0.05) is 5.16 Å². The number of amides is 1. The van der Waals surface area contributed by atoms with Gasteiger partial charge in [-0.2, -0.15) is 5.10 Å². The van der Waals surface area contributed by atoms with Crippen LogP contribution in [0.2, 0.25) is 0 Å². The van der Waals surface area contributed by atoms with Gasteiger partial charge < -0.3 is 9.84 Å². The van der Waals surface area contributed by atoms with Crippen LogP contribution in [0.25, 0.3) is 11.1 Å². The Morgan fingerprint density at radius 3 is 2.67 bits per heavy atom. The highest BCUT2D eigenvalue weighted by Crippen LogP contribution is 2.45. The first-order valence-electron chi connectivity index (χ1n) is 9.62. The third-order valence-corrected chi connectivity index (χ3v) is 5.78. The first-order valence-corrected chi connectivity index (χ1v) is 9.62. The Bertz CT molecular complexity index is 1040. The van der Waals surface area contributed by atoms with Gasteiger partial charge >= 0.3 is 0 Å². The lowest BCUT2D eigenvalue weighted by atomic mass is 10.0. The second-order valence-corrected chi connectivity index (χ2v) is 7.90. The molecular formula is C20H23N5O2. The molecule has 0 radical (unpaired) electrons. The predicted molar refractivity (Wildman–Crippen MR) is 99.6 cm³/mol. The standard InChI is InChI=1S/C20H23N5O2/c1-10(15-9-21-25(3)11(15)2)22-19(26)14-8-16(12-4-5-12)23-20-17(14)18(24-27-20)13-6-7-13/h8-10,12-13H,4-7H2,1-3H3,(H,22,26)/t10-/m0/s1. The highest BCUT2D eigenvalue weighted by Gasteiger charge is 2.34. The van der Waals surface area contributed by atoms with E-state index < -0.39 is 0 Å². The Hall–Kier alpha value is -2.70. The molecule has 3 aromatic rings. The monoisotopic (exact) mass is 365 g/mol. The second kappa shape index (κ2) is 5.90. The summed E-state index contributed by atoms with van der Waals surface area (Å²) in [5.74, 6) is 0.725. The molecule has 7 heteroatoms. The molecule has 5 rings (SSSR count). The lowest BCUT2D eigenvalue weighted by Gasteiger charge is -2.15. The van der Waals surface area contributed by atoms with Crippen molar-refractivity contribution in [3.05, 3.63) is 40.5 Å². The van der Waals surface area contributed by atoms with Crippen LogP contribution in [0.4, 0.5) is 0 Å². The van der Waals surface area contributed by atoms with E-state index in [1.807, 2.05) is 37.8 Å². The molecule has 0 spiro atoms. The van der Waals surface area contributed by atoms with Crippen molar-refractivity contribution in [2.75, 3.05) is 0 Å². The van der Waals surface area contributed by atoms with Crippen LogP contribution in [-0.4, -0.2) is 25.8 Å². The van der Waals surface area contributed by atoms with E-state index in [9.17, 15) is 4.79 Å². The summed E-state index contributed by atoms with van der Waals surface area (Å²) in [5, 5.41) is 12.4. The van der Waals surface area contributed by atoms with E-state index in [-0.39, 0.29) is 11.9 Å². The molecule has 0 aliphatic heterocycles. The minimum Gasteiger partial charge on any atom is -0.345 e. The van der Waals surface area contributed by atoms with Crippen LogP contribution in [0.5, 0.6) is 0 Å². The Morgan fingerprint density at radius 1 is 1.30 bits per heavy atom. The Kier molecular flexibility index (Phi) is 3.60. The maximum atomic E-state index is 13.2.